The molecule has 0 unspecified atom stereocenters. The predicted molar refractivity (Wildman–Crippen MR) is 83.6 cm³/mol. The van der Waals surface area contributed by atoms with Crippen LogP contribution in [0.1, 0.15) is 22.3 Å². The Morgan fingerprint density at radius 3 is 2.65 bits per heavy atom. The van der Waals surface area contributed by atoms with Gasteiger partial charge in [0.25, 0.3) is 0 Å². The third-order valence-corrected chi connectivity index (χ3v) is 4.03. The molecule has 0 heterocycles. The fourth-order valence-electron chi connectivity index (χ4n) is 1.91. The van der Waals surface area contributed by atoms with Crippen LogP contribution >= 0.6 is 11.8 Å². The van der Waals surface area contributed by atoms with Crippen molar-refractivity contribution in [3.63, 3.8) is 0 Å². The lowest BCUT2D eigenvalue weighted by Crippen LogP contribution is -2.11. The summed E-state index contributed by atoms with van der Waals surface area (Å²) in [5, 5.41) is 7.28. The molecule has 0 amide bonds. The third kappa shape index (κ3) is 3.84. The van der Waals surface area contributed by atoms with Crippen molar-refractivity contribution in [1.29, 1.82) is 5.41 Å². The minimum atomic E-state index is -0.297. The van der Waals surface area contributed by atoms with Crippen molar-refractivity contribution < 1.29 is 4.39 Å². The van der Waals surface area contributed by atoms with Gasteiger partial charge in [-0.1, -0.05) is 42.0 Å². The SMILES string of the molecule is Cc1cccc(CSCc2ccc(C(=N)N)cc2F)c1. The number of rotatable bonds is 5. The average Bonchev–Trinajstić information content (AvgIpc) is 2.40. The standard InChI is InChI=1S/C16H17FN2S/c1-11-3-2-4-12(7-11)9-20-10-14-6-5-13(16(18)19)8-15(14)17/h2-8H,9-10H2,1H3,(H3,18,19). The van der Waals surface area contributed by atoms with Crippen molar-refractivity contribution in [1.82, 2.24) is 0 Å². The van der Waals surface area contributed by atoms with Crippen molar-refractivity contribution in [2.75, 3.05) is 0 Å². The summed E-state index contributed by atoms with van der Waals surface area (Å²) < 4.78 is 13.8. The van der Waals surface area contributed by atoms with E-state index in [9.17, 15) is 4.39 Å². The van der Waals surface area contributed by atoms with Crippen LogP contribution in [0.5, 0.6) is 0 Å². The van der Waals surface area contributed by atoms with E-state index in [0.29, 0.717) is 16.9 Å². The van der Waals surface area contributed by atoms with E-state index in [1.165, 1.54) is 17.2 Å². The minimum absolute atomic E-state index is 0.108. The molecule has 0 spiro atoms. The predicted octanol–water partition coefficient (Wildman–Crippen LogP) is 3.85. The Balaban J connectivity index is 1.96. The average molecular weight is 288 g/mol. The molecule has 0 aromatic heterocycles. The number of nitrogen functional groups attached to an aromatic ring is 1. The van der Waals surface area contributed by atoms with Crippen LogP contribution in [0, 0.1) is 18.2 Å². The summed E-state index contributed by atoms with van der Waals surface area (Å²) in [5.74, 6) is 1.06. The molecular formula is C16H17FN2S. The van der Waals surface area contributed by atoms with Crippen molar-refractivity contribution in [2.24, 2.45) is 5.73 Å². The first-order valence-corrected chi connectivity index (χ1v) is 7.48. The van der Waals surface area contributed by atoms with E-state index in [1.54, 1.807) is 23.9 Å². The molecule has 0 aliphatic heterocycles. The Hall–Kier alpha value is -1.81. The molecule has 3 N–H and O–H groups in total. The first kappa shape index (κ1) is 14.6. The molecule has 104 valence electrons. The Labute approximate surface area is 122 Å². The molecule has 0 saturated heterocycles. The van der Waals surface area contributed by atoms with Gasteiger partial charge in [0.15, 0.2) is 0 Å². The van der Waals surface area contributed by atoms with Crippen LogP contribution < -0.4 is 5.73 Å². The Kier molecular flexibility index (Phi) is 4.79. The van der Waals surface area contributed by atoms with Crippen LogP contribution in [0.3, 0.4) is 0 Å². The molecule has 0 radical (unpaired) electrons. The first-order valence-electron chi connectivity index (χ1n) is 6.32. The molecule has 20 heavy (non-hydrogen) atoms. The number of hydrogen-bond acceptors (Lipinski definition) is 2. The lowest BCUT2D eigenvalue weighted by molar-refractivity contribution is 0.617. The highest BCUT2D eigenvalue weighted by molar-refractivity contribution is 7.97. The van der Waals surface area contributed by atoms with Crippen molar-refractivity contribution in [2.45, 2.75) is 18.4 Å². The van der Waals surface area contributed by atoms with E-state index in [4.69, 9.17) is 11.1 Å². The summed E-state index contributed by atoms with van der Waals surface area (Å²) in [6, 6.07) is 13.0. The molecule has 0 aliphatic rings. The van der Waals surface area contributed by atoms with Gasteiger partial charge in [-0.15, -0.1) is 0 Å². The van der Waals surface area contributed by atoms with Crippen LogP contribution in [0.25, 0.3) is 0 Å². The highest BCUT2D eigenvalue weighted by Crippen LogP contribution is 2.21. The van der Waals surface area contributed by atoms with Gasteiger partial charge in [-0.05, 0) is 24.1 Å². The zero-order valence-corrected chi connectivity index (χ0v) is 12.1. The van der Waals surface area contributed by atoms with E-state index in [1.807, 2.05) is 6.07 Å². The van der Waals surface area contributed by atoms with E-state index in [-0.39, 0.29) is 11.7 Å². The topological polar surface area (TPSA) is 49.9 Å². The Bertz CT molecular complexity index is 626. The molecule has 4 heteroatoms. The van der Waals surface area contributed by atoms with Gasteiger partial charge >= 0.3 is 0 Å². The van der Waals surface area contributed by atoms with Gasteiger partial charge in [0.05, 0.1) is 0 Å². The van der Waals surface area contributed by atoms with Gasteiger partial charge in [-0.2, -0.15) is 11.8 Å². The highest BCUT2D eigenvalue weighted by atomic mass is 32.2. The molecule has 0 aliphatic carbocycles. The van der Waals surface area contributed by atoms with Crippen LogP contribution in [0.4, 0.5) is 4.39 Å². The van der Waals surface area contributed by atoms with Crippen LogP contribution in [-0.4, -0.2) is 5.84 Å². The number of halogens is 1. The molecule has 2 nitrogen and oxygen atoms in total. The van der Waals surface area contributed by atoms with E-state index >= 15 is 0 Å². The Morgan fingerprint density at radius 1 is 1.20 bits per heavy atom. The first-order chi connectivity index (χ1) is 9.56. The maximum absolute atomic E-state index is 13.8. The second-order valence-electron chi connectivity index (χ2n) is 4.70. The molecule has 2 rings (SSSR count). The molecule has 0 fully saturated rings. The van der Waals surface area contributed by atoms with Gasteiger partial charge in [0.2, 0.25) is 0 Å². The van der Waals surface area contributed by atoms with Gasteiger partial charge in [-0.3, -0.25) is 5.41 Å². The Morgan fingerprint density at radius 2 is 2.00 bits per heavy atom. The largest absolute Gasteiger partial charge is 0.384 e. The normalized spacial score (nSPS) is 10.5. The smallest absolute Gasteiger partial charge is 0.127 e. The second-order valence-corrected chi connectivity index (χ2v) is 5.69. The minimum Gasteiger partial charge on any atom is -0.384 e. The lowest BCUT2D eigenvalue weighted by atomic mass is 10.1. The molecule has 0 atom stereocenters. The second kappa shape index (κ2) is 6.57. The third-order valence-electron chi connectivity index (χ3n) is 2.97. The number of thioether (sulfide) groups is 1. The van der Waals surface area contributed by atoms with E-state index in [0.717, 1.165) is 5.75 Å². The number of benzene rings is 2. The fraction of sp³-hybridized carbons (Fsp3) is 0.188. The van der Waals surface area contributed by atoms with Crippen molar-refractivity contribution >= 4 is 17.6 Å². The summed E-state index contributed by atoms with van der Waals surface area (Å²) in [7, 11) is 0. The summed E-state index contributed by atoms with van der Waals surface area (Å²) in [6.45, 7) is 2.06. The molecule has 0 bridgehead atoms. The van der Waals surface area contributed by atoms with Crippen molar-refractivity contribution in [3.05, 3.63) is 70.5 Å². The summed E-state index contributed by atoms with van der Waals surface area (Å²) in [4.78, 5) is 0. The number of aryl methyl sites for hydroxylation is 1. The number of amidine groups is 1. The zero-order valence-electron chi connectivity index (χ0n) is 11.3. The summed E-state index contributed by atoms with van der Waals surface area (Å²) in [5.41, 5.74) is 8.89. The number of nitrogens with two attached hydrogens (primary N) is 1. The molecule has 2 aromatic carbocycles. The fourth-order valence-corrected chi connectivity index (χ4v) is 2.88. The number of nitrogens with one attached hydrogen (secondary N) is 1. The highest BCUT2D eigenvalue weighted by Gasteiger charge is 2.05. The van der Waals surface area contributed by atoms with Gasteiger partial charge in [0, 0.05) is 17.1 Å². The van der Waals surface area contributed by atoms with Crippen LogP contribution in [-0.2, 0) is 11.5 Å². The van der Waals surface area contributed by atoms with Gasteiger partial charge < -0.3 is 5.73 Å². The number of hydrogen-bond donors (Lipinski definition) is 2. The summed E-state index contributed by atoms with van der Waals surface area (Å²) in [6.07, 6.45) is 0. The van der Waals surface area contributed by atoms with Crippen molar-refractivity contribution in [3.8, 4) is 0 Å². The van der Waals surface area contributed by atoms with Gasteiger partial charge in [-0.25, -0.2) is 4.39 Å². The van der Waals surface area contributed by atoms with Gasteiger partial charge in [0.1, 0.15) is 11.7 Å². The molecule has 0 saturated carbocycles. The van der Waals surface area contributed by atoms with E-state index in [2.05, 4.69) is 25.1 Å². The monoisotopic (exact) mass is 288 g/mol. The molecular weight excluding hydrogens is 271 g/mol. The quantitative estimate of drug-likeness (QED) is 0.648. The maximum atomic E-state index is 13.8. The van der Waals surface area contributed by atoms with Crippen LogP contribution in [0.15, 0.2) is 42.5 Å². The lowest BCUT2D eigenvalue weighted by Gasteiger charge is -2.06. The maximum Gasteiger partial charge on any atom is 0.127 e. The summed E-state index contributed by atoms with van der Waals surface area (Å²) >= 11 is 1.67. The zero-order chi connectivity index (χ0) is 14.5. The van der Waals surface area contributed by atoms with Crippen LogP contribution in [0.2, 0.25) is 0 Å². The molecule has 2 aromatic rings. The van der Waals surface area contributed by atoms with E-state index < -0.39 is 0 Å².